The molecule has 0 amide bonds. The van der Waals surface area contributed by atoms with Gasteiger partial charge in [-0.2, -0.15) is 10.4 Å². The molecule has 0 saturated carbocycles. The van der Waals surface area contributed by atoms with Crippen LogP contribution in [0.4, 0.5) is 11.5 Å². The Hall–Kier alpha value is -4.45. The van der Waals surface area contributed by atoms with Gasteiger partial charge in [0.2, 0.25) is 11.6 Å². The van der Waals surface area contributed by atoms with Crippen LogP contribution in [-0.2, 0) is 5.41 Å². The molecule has 0 aliphatic carbocycles. The van der Waals surface area contributed by atoms with Gasteiger partial charge in [0.15, 0.2) is 5.82 Å². The number of H-pyrrole nitrogens is 1. The summed E-state index contributed by atoms with van der Waals surface area (Å²) in [6.07, 6.45) is 0. The first-order valence-electron chi connectivity index (χ1n) is 9.91. The highest BCUT2D eigenvalue weighted by Gasteiger charge is 2.25. The third kappa shape index (κ3) is 3.58. The van der Waals surface area contributed by atoms with Crippen LogP contribution in [0.15, 0.2) is 75.7 Å². The number of hydrogen-bond donors (Lipinski definition) is 2. The normalized spacial score (nSPS) is 11.7. The van der Waals surface area contributed by atoms with Gasteiger partial charge in [-0.3, -0.25) is 9.89 Å². The molecule has 0 bridgehead atoms. The second-order valence-corrected chi connectivity index (χ2v) is 8.13. The fourth-order valence-electron chi connectivity index (χ4n) is 3.33. The molecule has 160 valence electrons. The number of aromatic hydroxyl groups is 1. The summed E-state index contributed by atoms with van der Waals surface area (Å²) in [5, 5.41) is 35.4. The first-order chi connectivity index (χ1) is 15.3. The van der Waals surface area contributed by atoms with E-state index < -0.39 is 5.56 Å². The molecule has 4 rings (SSSR count). The molecule has 0 aliphatic heterocycles. The Morgan fingerprint density at radius 3 is 2.06 bits per heavy atom. The van der Waals surface area contributed by atoms with E-state index in [4.69, 9.17) is 0 Å². The second-order valence-electron chi connectivity index (χ2n) is 8.13. The Labute approximate surface area is 183 Å². The van der Waals surface area contributed by atoms with Gasteiger partial charge >= 0.3 is 5.56 Å². The van der Waals surface area contributed by atoms with E-state index >= 15 is 0 Å². The Bertz CT molecular complexity index is 1380. The van der Waals surface area contributed by atoms with E-state index in [0.29, 0.717) is 17.1 Å². The maximum Gasteiger partial charge on any atom is 0.303 e. The molecule has 0 fully saturated rings. The lowest BCUT2D eigenvalue weighted by molar-refractivity contribution is 0.426. The summed E-state index contributed by atoms with van der Waals surface area (Å²) in [6, 6.07) is 20.0. The summed E-state index contributed by atoms with van der Waals surface area (Å²) < 4.78 is 2.68. The van der Waals surface area contributed by atoms with Crippen LogP contribution in [0.25, 0.3) is 11.4 Å². The topological polar surface area (TPSA) is 124 Å². The van der Waals surface area contributed by atoms with E-state index in [9.17, 15) is 15.2 Å². The number of aromatic nitrogens is 4. The van der Waals surface area contributed by atoms with Crippen molar-refractivity contribution in [2.24, 2.45) is 10.2 Å². The van der Waals surface area contributed by atoms with Gasteiger partial charge < -0.3 is 5.11 Å². The summed E-state index contributed by atoms with van der Waals surface area (Å²) in [5.41, 5.74) is 0.708. The van der Waals surface area contributed by atoms with Gasteiger partial charge in [-0.25, -0.2) is 9.36 Å². The van der Waals surface area contributed by atoms with Crippen molar-refractivity contribution in [1.82, 2.24) is 19.6 Å². The maximum absolute atomic E-state index is 13.3. The van der Waals surface area contributed by atoms with Crippen LogP contribution in [0.1, 0.15) is 32.0 Å². The minimum absolute atomic E-state index is 0.120. The molecule has 2 aromatic carbocycles. The smallest absolute Gasteiger partial charge is 0.303 e. The van der Waals surface area contributed by atoms with E-state index in [0.717, 1.165) is 0 Å². The molecule has 0 spiro atoms. The Kier molecular flexibility index (Phi) is 5.20. The largest absolute Gasteiger partial charge is 0.492 e. The van der Waals surface area contributed by atoms with Gasteiger partial charge in [-0.05, 0) is 24.3 Å². The van der Waals surface area contributed by atoms with Gasteiger partial charge in [-0.15, -0.1) is 10.2 Å². The van der Waals surface area contributed by atoms with Crippen LogP contribution in [0.2, 0.25) is 0 Å². The summed E-state index contributed by atoms with van der Waals surface area (Å²) in [5.74, 6) is -0.252. The zero-order chi connectivity index (χ0) is 22.9. The van der Waals surface area contributed by atoms with Gasteiger partial charge in [0.05, 0.1) is 17.1 Å². The average molecular weight is 427 g/mol. The van der Waals surface area contributed by atoms with Crippen molar-refractivity contribution in [3.05, 3.63) is 82.3 Å². The molecule has 2 aromatic heterocycles. The Balaban J connectivity index is 1.89. The molecule has 0 aliphatic rings. The second kappa shape index (κ2) is 8.00. The lowest BCUT2D eigenvalue weighted by atomic mass is 9.90. The number of azo groups is 1. The number of para-hydroxylation sites is 2. The van der Waals surface area contributed by atoms with Gasteiger partial charge in [-0.1, -0.05) is 57.2 Å². The quantitative estimate of drug-likeness (QED) is 0.460. The van der Waals surface area contributed by atoms with Crippen molar-refractivity contribution in [2.45, 2.75) is 26.2 Å². The number of rotatable bonds is 4. The number of nitrogens with zero attached hydrogens (tertiary/aromatic N) is 6. The average Bonchev–Trinajstić information content (AvgIpc) is 3.31. The van der Waals surface area contributed by atoms with Gasteiger partial charge in [0.25, 0.3) is 0 Å². The molecule has 2 heterocycles. The molecule has 0 radical (unpaired) electrons. The third-order valence-electron chi connectivity index (χ3n) is 4.83. The van der Waals surface area contributed by atoms with Crippen LogP contribution in [0, 0.1) is 11.3 Å². The zero-order valence-corrected chi connectivity index (χ0v) is 17.8. The minimum Gasteiger partial charge on any atom is -0.492 e. The minimum atomic E-state index is -0.560. The first-order valence-corrected chi connectivity index (χ1v) is 9.91. The summed E-state index contributed by atoms with van der Waals surface area (Å²) in [7, 11) is 0. The summed E-state index contributed by atoms with van der Waals surface area (Å²) >= 11 is 0. The predicted octanol–water partition coefficient (Wildman–Crippen LogP) is 4.64. The van der Waals surface area contributed by atoms with Gasteiger partial charge in [0.1, 0.15) is 11.6 Å². The van der Waals surface area contributed by atoms with Crippen molar-refractivity contribution >= 4 is 11.5 Å². The zero-order valence-electron chi connectivity index (χ0n) is 17.8. The molecule has 0 atom stereocenters. The number of aromatic amines is 1. The van der Waals surface area contributed by atoms with Crippen LogP contribution in [0.3, 0.4) is 0 Å². The van der Waals surface area contributed by atoms with Crippen LogP contribution < -0.4 is 5.56 Å². The fraction of sp³-hybridized carbons (Fsp3) is 0.174. The van der Waals surface area contributed by atoms with E-state index in [1.807, 2.05) is 32.9 Å². The van der Waals surface area contributed by atoms with Crippen LogP contribution in [-0.4, -0.2) is 24.7 Å². The number of benzene rings is 2. The maximum atomic E-state index is 13.3. The van der Waals surface area contributed by atoms with Crippen molar-refractivity contribution < 1.29 is 5.11 Å². The van der Waals surface area contributed by atoms with Crippen molar-refractivity contribution in [3.63, 3.8) is 0 Å². The molecule has 2 N–H and O–H groups in total. The lowest BCUT2D eigenvalue weighted by Gasteiger charge is -2.14. The monoisotopic (exact) mass is 427 g/mol. The Morgan fingerprint density at radius 2 is 1.53 bits per heavy atom. The Morgan fingerprint density at radius 1 is 0.969 bits per heavy atom. The molecular weight excluding hydrogens is 406 g/mol. The third-order valence-corrected chi connectivity index (χ3v) is 4.83. The van der Waals surface area contributed by atoms with Crippen LogP contribution in [0.5, 0.6) is 5.88 Å². The first kappa shape index (κ1) is 20.8. The van der Waals surface area contributed by atoms with E-state index in [-0.39, 0.29) is 28.4 Å². The molecule has 0 unspecified atom stereocenters. The van der Waals surface area contributed by atoms with Crippen molar-refractivity contribution in [2.75, 3.05) is 0 Å². The highest BCUT2D eigenvalue weighted by molar-refractivity contribution is 5.55. The lowest BCUT2D eigenvalue weighted by Crippen LogP contribution is -2.20. The highest BCUT2D eigenvalue weighted by atomic mass is 16.3. The number of nitriles is 1. The molecule has 32 heavy (non-hydrogen) atoms. The van der Waals surface area contributed by atoms with Gasteiger partial charge in [0, 0.05) is 5.41 Å². The number of nitrogens with one attached hydrogen (secondary N) is 1. The molecule has 9 nitrogen and oxygen atoms in total. The van der Waals surface area contributed by atoms with E-state index in [1.54, 1.807) is 48.5 Å². The SMILES string of the molecule is CC(C)(C)c1n[nH]c(/N=N/c2c(O)n(-c3ccccc3)n(-c3ccccc3)c2=O)c1C#N. The predicted molar refractivity (Wildman–Crippen MR) is 119 cm³/mol. The number of hydrogen-bond acceptors (Lipinski definition) is 6. The van der Waals surface area contributed by atoms with E-state index in [1.165, 1.54) is 9.36 Å². The summed E-state index contributed by atoms with van der Waals surface area (Å²) in [4.78, 5) is 13.3. The molecule has 4 aromatic rings. The highest BCUT2D eigenvalue weighted by Crippen LogP contribution is 2.32. The van der Waals surface area contributed by atoms with Crippen molar-refractivity contribution in [1.29, 1.82) is 5.26 Å². The summed E-state index contributed by atoms with van der Waals surface area (Å²) in [6.45, 7) is 5.78. The molecule has 0 saturated heterocycles. The standard InChI is InChI=1S/C23H21N7O2/c1-23(2,3)19-17(14-24)20(28-26-19)27-25-18-21(31)29(15-10-6-4-7-11-15)30(22(18)32)16-12-8-5-9-13-16/h4-13,31H,1-3H3,(H,26,28)/b27-25+. The molecule has 9 heteroatoms. The molecular formula is C23H21N7O2. The fourth-order valence-corrected chi connectivity index (χ4v) is 3.33. The van der Waals surface area contributed by atoms with Crippen molar-refractivity contribution in [3.8, 4) is 23.3 Å². The van der Waals surface area contributed by atoms with E-state index in [2.05, 4.69) is 26.5 Å². The van der Waals surface area contributed by atoms with Crippen LogP contribution >= 0.6 is 0 Å².